The molecule has 0 aromatic heterocycles. The van der Waals surface area contributed by atoms with Gasteiger partial charge in [0.1, 0.15) is 11.2 Å². The standard InChI is InChI=1S/C39H55FN6O3S/c1-38(2,3)17-21-46-35(48)32(50-36(46)29-11-9-12-30(40)34(29)43-22-24-44(25-23-43)39(4,5)6)26-33(47)42-18-15-28(16-19-42)45-20-14-27-10-7-8-13-31(27)41-37(45)49/h7-13,28,32,36H,14-26H2,1-6H3,(H,41,49)/t32-,36?/m0/s1. The molecule has 50 heavy (non-hydrogen) atoms. The Balaban J connectivity index is 1.13. The number of carbonyl (C=O) groups excluding carboxylic acids is 3. The Hall–Kier alpha value is -3.31. The van der Waals surface area contributed by atoms with E-state index in [4.69, 9.17) is 0 Å². The van der Waals surface area contributed by atoms with Gasteiger partial charge in [0.25, 0.3) is 0 Å². The van der Waals surface area contributed by atoms with Crippen LogP contribution in [0.5, 0.6) is 0 Å². The first-order valence-electron chi connectivity index (χ1n) is 18.4. The highest BCUT2D eigenvalue weighted by Gasteiger charge is 2.45. The molecule has 3 saturated heterocycles. The van der Waals surface area contributed by atoms with Crippen LogP contribution in [0.2, 0.25) is 0 Å². The Morgan fingerprint density at radius 1 is 0.900 bits per heavy atom. The van der Waals surface area contributed by atoms with Crippen LogP contribution in [0, 0.1) is 11.2 Å². The van der Waals surface area contributed by atoms with Crippen molar-refractivity contribution in [1.29, 1.82) is 0 Å². The summed E-state index contributed by atoms with van der Waals surface area (Å²) in [5.74, 6) is -0.336. The van der Waals surface area contributed by atoms with Crippen LogP contribution in [0.15, 0.2) is 42.5 Å². The molecule has 0 bridgehead atoms. The summed E-state index contributed by atoms with van der Waals surface area (Å²) >= 11 is 1.50. The van der Waals surface area contributed by atoms with E-state index in [0.717, 1.165) is 42.7 Å². The fourth-order valence-corrected chi connectivity index (χ4v) is 9.26. The summed E-state index contributed by atoms with van der Waals surface area (Å²) < 4.78 is 15.8. The van der Waals surface area contributed by atoms with E-state index in [1.807, 2.05) is 39.0 Å². The molecule has 0 radical (unpaired) electrons. The number of urea groups is 1. The molecule has 0 aliphatic carbocycles. The van der Waals surface area contributed by atoms with Crippen molar-refractivity contribution in [3.8, 4) is 0 Å². The lowest BCUT2D eigenvalue weighted by atomic mass is 9.92. The maximum atomic E-state index is 15.8. The zero-order chi connectivity index (χ0) is 35.8. The lowest BCUT2D eigenvalue weighted by Gasteiger charge is -2.43. The molecule has 6 rings (SSSR count). The van der Waals surface area contributed by atoms with Crippen molar-refractivity contribution in [2.24, 2.45) is 5.41 Å². The SMILES string of the molecule is CC(C)(C)CCN1C(=O)[C@H](CC(=O)N2CCC(N3CCc4ccccc4NC3=O)CC2)SC1c1cccc(F)c1N1CCN(C(C)(C)C)CC1. The molecule has 272 valence electrons. The van der Waals surface area contributed by atoms with Gasteiger partial charge in [-0.15, -0.1) is 11.8 Å². The van der Waals surface area contributed by atoms with Crippen molar-refractivity contribution in [3.63, 3.8) is 0 Å². The molecule has 2 atom stereocenters. The Morgan fingerprint density at radius 2 is 1.60 bits per heavy atom. The predicted octanol–water partition coefficient (Wildman–Crippen LogP) is 6.60. The molecule has 4 amide bonds. The van der Waals surface area contributed by atoms with Gasteiger partial charge in [0.05, 0.1) is 10.9 Å². The number of fused-ring (bicyclic) bond motifs is 1. The number of likely N-dealkylation sites (tertiary alicyclic amines) is 1. The van der Waals surface area contributed by atoms with Crippen LogP contribution in [-0.2, 0) is 16.0 Å². The minimum absolute atomic E-state index is 0.00879. The smallest absolute Gasteiger partial charge is 0.322 e. The number of piperidine rings is 1. The highest BCUT2D eigenvalue weighted by Crippen LogP contribution is 2.48. The molecule has 0 spiro atoms. The summed E-state index contributed by atoms with van der Waals surface area (Å²) in [6.07, 6.45) is 3.12. The second-order valence-electron chi connectivity index (χ2n) is 16.5. The van der Waals surface area contributed by atoms with Gasteiger partial charge in [0, 0.05) is 81.6 Å². The van der Waals surface area contributed by atoms with Gasteiger partial charge in [0.15, 0.2) is 0 Å². The molecule has 4 aliphatic heterocycles. The molecule has 3 fully saturated rings. The minimum Gasteiger partial charge on any atom is -0.366 e. The molecule has 2 aromatic carbocycles. The van der Waals surface area contributed by atoms with Crippen LogP contribution in [0.25, 0.3) is 0 Å². The lowest BCUT2D eigenvalue weighted by molar-refractivity contribution is -0.137. The second-order valence-corrected chi connectivity index (χ2v) is 17.8. The topological polar surface area (TPSA) is 79.4 Å². The van der Waals surface area contributed by atoms with E-state index in [1.54, 1.807) is 6.07 Å². The van der Waals surface area contributed by atoms with E-state index in [-0.39, 0.29) is 52.5 Å². The average molecular weight is 707 g/mol. The Morgan fingerprint density at radius 3 is 2.28 bits per heavy atom. The fraction of sp³-hybridized carbons (Fsp3) is 0.615. The maximum Gasteiger partial charge on any atom is 0.322 e. The van der Waals surface area contributed by atoms with Crippen LogP contribution in [0.1, 0.15) is 83.7 Å². The number of anilines is 2. The van der Waals surface area contributed by atoms with Gasteiger partial charge in [-0.3, -0.25) is 14.5 Å². The first-order valence-corrected chi connectivity index (χ1v) is 19.3. The molecule has 4 heterocycles. The summed E-state index contributed by atoms with van der Waals surface area (Å²) in [5, 5.41) is 2.16. The van der Waals surface area contributed by atoms with Crippen LogP contribution < -0.4 is 10.2 Å². The summed E-state index contributed by atoms with van der Waals surface area (Å²) in [6.45, 7) is 18.5. The normalized spacial score (nSPS) is 22.9. The van der Waals surface area contributed by atoms with Crippen LogP contribution in [-0.4, -0.2) is 107 Å². The average Bonchev–Trinajstić information content (AvgIpc) is 3.26. The third-order valence-electron chi connectivity index (χ3n) is 10.8. The Kier molecular flexibility index (Phi) is 10.8. The number of piperazine rings is 1. The quantitative estimate of drug-likeness (QED) is 0.350. The number of nitrogens with one attached hydrogen (secondary N) is 1. The van der Waals surface area contributed by atoms with Gasteiger partial charge in [0.2, 0.25) is 11.8 Å². The molecule has 1 N–H and O–H groups in total. The van der Waals surface area contributed by atoms with Crippen molar-refractivity contribution in [1.82, 2.24) is 19.6 Å². The fourth-order valence-electron chi connectivity index (χ4n) is 7.77. The van der Waals surface area contributed by atoms with Gasteiger partial charge >= 0.3 is 6.03 Å². The maximum absolute atomic E-state index is 15.8. The van der Waals surface area contributed by atoms with E-state index >= 15 is 4.39 Å². The number of thioether (sulfide) groups is 1. The van der Waals surface area contributed by atoms with Gasteiger partial charge in [-0.1, -0.05) is 51.1 Å². The summed E-state index contributed by atoms with van der Waals surface area (Å²) in [7, 11) is 0. The van der Waals surface area contributed by atoms with Gasteiger partial charge in [-0.25, -0.2) is 9.18 Å². The molecule has 4 aliphatic rings. The number of hydrogen-bond donors (Lipinski definition) is 1. The van der Waals surface area contributed by atoms with Crippen molar-refractivity contribution >= 4 is 41.0 Å². The van der Waals surface area contributed by atoms with Crippen LogP contribution in [0.4, 0.5) is 20.6 Å². The molecule has 9 nitrogen and oxygen atoms in total. The molecule has 1 unspecified atom stereocenters. The van der Waals surface area contributed by atoms with E-state index in [1.165, 1.54) is 17.8 Å². The van der Waals surface area contributed by atoms with Crippen LogP contribution in [0.3, 0.4) is 0 Å². The zero-order valence-corrected chi connectivity index (χ0v) is 31.5. The number of carbonyl (C=O) groups is 3. The minimum atomic E-state index is -0.533. The number of halogens is 1. The molecular formula is C39H55FN6O3S. The van der Waals surface area contributed by atoms with Crippen LogP contribution >= 0.6 is 11.8 Å². The number of amides is 4. The van der Waals surface area contributed by atoms with Crippen molar-refractivity contribution in [3.05, 3.63) is 59.4 Å². The van der Waals surface area contributed by atoms with E-state index in [2.05, 4.69) is 62.7 Å². The number of rotatable bonds is 7. The summed E-state index contributed by atoms with van der Waals surface area (Å²) in [6, 6.07) is 13.1. The first-order chi connectivity index (χ1) is 23.7. The molecule has 2 aromatic rings. The monoisotopic (exact) mass is 706 g/mol. The zero-order valence-electron chi connectivity index (χ0n) is 30.7. The van der Waals surface area contributed by atoms with Gasteiger partial charge in [-0.05, 0) is 69.6 Å². The number of nitrogens with zero attached hydrogens (tertiary/aromatic N) is 5. The number of para-hydroxylation sites is 2. The third kappa shape index (κ3) is 8.09. The molecule has 11 heteroatoms. The predicted molar refractivity (Wildman–Crippen MR) is 200 cm³/mol. The van der Waals surface area contributed by atoms with Crippen molar-refractivity contribution < 1.29 is 18.8 Å². The largest absolute Gasteiger partial charge is 0.366 e. The highest BCUT2D eigenvalue weighted by molar-refractivity contribution is 8.01. The lowest BCUT2D eigenvalue weighted by Crippen LogP contribution is -2.53. The van der Waals surface area contributed by atoms with Gasteiger partial charge in [-0.2, -0.15) is 0 Å². The summed E-state index contributed by atoms with van der Waals surface area (Å²) in [5.41, 5.74) is 3.46. The number of benzene rings is 2. The summed E-state index contributed by atoms with van der Waals surface area (Å²) in [4.78, 5) is 51.3. The highest BCUT2D eigenvalue weighted by atomic mass is 32.2. The molecular weight excluding hydrogens is 652 g/mol. The van der Waals surface area contributed by atoms with E-state index < -0.39 is 5.25 Å². The van der Waals surface area contributed by atoms with Crippen molar-refractivity contribution in [2.45, 2.75) is 95.9 Å². The van der Waals surface area contributed by atoms with Gasteiger partial charge < -0.3 is 24.9 Å². The van der Waals surface area contributed by atoms with Crippen molar-refractivity contribution in [2.75, 3.05) is 62.6 Å². The Bertz CT molecular complexity index is 1560. The number of hydrogen-bond acceptors (Lipinski definition) is 6. The second kappa shape index (κ2) is 14.7. The first kappa shape index (κ1) is 36.5. The van der Waals surface area contributed by atoms with E-state index in [0.29, 0.717) is 57.8 Å². The Labute approximate surface area is 301 Å². The molecule has 0 saturated carbocycles. The van der Waals surface area contributed by atoms with E-state index in [9.17, 15) is 14.4 Å². The third-order valence-corrected chi connectivity index (χ3v) is 12.3.